The number of nitrogens with one attached hydrogen (secondary N) is 1. The highest BCUT2D eigenvalue weighted by atomic mass is 16.5. The first kappa shape index (κ1) is 18.7. The highest BCUT2D eigenvalue weighted by Gasteiger charge is 2.34. The van der Waals surface area contributed by atoms with Gasteiger partial charge in [-0.05, 0) is 22.8 Å². The largest absolute Gasteiger partial charge is 0.445 e. The second-order valence-electron chi connectivity index (χ2n) is 6.88. The average Bonchev–Trinajstić information content (AvgIpc) is 2.76. The first-order valence-electron chi connectivity index (χ1n) is 9.46. The van der Waals surface area contributed by atoms with Gasteiger partial charge < -0.3 is 15.0 Å². The normalized spacial score (nSPS) is 15.5. The van der Waals surface area contributed by atoms with E-state index in [1.165, 1.54) is 0 Å². The zero-order valence-electron chi connectivity index (χ0n) is 15.8. The molecule has 1 aliphatic rings. The molecular weight excluding hydrogens is 366 g/mol. The maximum absolute atomic E-state index is 13.1. The number of carbonyl (C=O) groups is 2. The summed E-state index contributed by atoms with van der Waals surface area (Å²) in [5, 5.41) is 2.72. The van der Waals surface area contributed by atoms with Crippen LogP contribution in [0.4, 0.5) is 10.5 Å². The smallest absolute Gasteiger partial charge is 0.408 e. The van der Waals surface area contributed by atoms with Crippen molar-refractivity contribution in [3.05, 3.63) is 95.8 Å². The second kappa shape index (κ2) is 8.56. The number of benzene rings is 2. The van der Waals surface area contributed by atoms with Crippen molar-refractivity contribution in [2.24, 2.45) is 0 Å². The van der Waals surface area contributed by atoms with Gasteiger partial charge in [-0.2, -0.15) is 0 Å². The number of carbonyl (C=O) groups excluding carboxylic acids is 2. The molecule has 0 bridgehead atoms. The molecule has 1 unspecified atom stereocenters. The van der Waals surface area contributed by atoms with E-state index in [0.29, 0.717) is 13.0 Å². The van der Waals surface area contributed by atoms with Crippen LogP contribution in [-0.2, 0) is 29.1 Å². The van der Waals surface area contributed by atoms with Gasteiger partial charge in [0.2, 0.25) is 5.91 Å². The molecule has 146 valence electrons. The molecule has 2 aromatic carbocycles. The van der Waals surface area contributed by atoms with Crippen molar-refractivity contribution in [2.45, 2.75) is 25.6 Å². The van der Waals surface area contributed by atoms with E-state index in [-0.39, 0.29) is 12.5 Å². The minimum atomic E-state index is -0.696. The minimum absolute atomic E-state index is 0.152. The van der Waals surface area contributed by atoms with E-state index in [1.54, 1.807) is 17.3 Å². The monoisotopic (exact) mass is 387 g/mol. The molecule has 0 aliphatic carbocycles. The summed E-state index contributed by atoms with van der Waals surface area (Å²) < 4.78 is 5.28. The van der Waals surface area contributed by atoms with E-state index in [4.69, 9.17) is 4.74 Å². The Kier molecular flexibility index (Phi) is 5.52. The molecule has 1 aliphatic heterocycles. The van der Waals surface area contributed by atoms with Crippen LogP contribution in [0.1, 0.15) is 16.7 Å². The fourth-order valence-electron chi connectivity index (χ4n) is 3.40. The summed E-state index contributed by atoms with van der Waals surface area (Å²) in [5.41, 5.74) is 3.63. The Morgan fingerprint density at radius 3 is 2.45 bits per heavy atom. The molecule has 1 N–H and O–H groups in total. The summed E-state index contributed by atoms with van der Waals surface area (Å²) >= 11 is 0. The van der Waals surface area contributed by atoms with E-state index in [2.05, 4.69) is 10.3 Å². The van der Waals surface area contributed by atoms with E-state index in [9.17, 15) is 9.59 Å². The van der Waals surface area contributed by atoms with E-state index < -0.39 is 12.1 Å². The Bertz CT molecular complexity index is 993. The molecule has 0 fully saturated rings. The quantitative estimate of drug-likeness (QED) is 0.728. The van der Waals surface area contributed by atoms with Gasteiger partial charge in [0, 0.05) is 18.8 Å². The Morgan fingerprint density at radius 1 is 1.03 bits per heavy atom. The lowest BCUT2D eigenvalue weighted by molar-refractivity contribution is -0.121. The van der Waals surface area contributed by atoms with Crippen molar-refractivity contribution in [1.29, 1.82) is 0 Å². The van der Waals surface area contributed by atoms with Gasteiger partial charge in [0.05, 0.1) is 12.2 Å². The fourth-order valence-corrected chi connectivity index (χ4v) is 3.40. The van der Waals surface area contributed by atoms with Crippen molar-refractivity contribution >= 4 is 17.7 Å². The molecule has 0 saturated carbocycles. The van der Waals surface area contributed by atoms with Gasteiger partial charge in [-0.1, -0.05) is 60.7 Å². The number of rotatable bonds is 5. The number of ether oxygens (including phenoxy) is 1. The van der Waals surface area contributed by atoms with Gasteiger partial charge in [-0.15, -0.1) is 0 Å². The predicted molar refractivity (Wildman–Crippen MR) is 109 cm³/mol. The standard InChI is InChI=1S/C23H21N3O3/c27-22-20(25-23(28)29-16-18-9-5-2-6-10-18)13-19-14-24-12-11-21(19)26(22)15-17-7-3-1-4-8-17/h1-12,14,20H,13,15-16H2,(H,25,28). The fraction of sp³-hybridized carbons (Fsp3) is 0.174. The lowest BCUT2D eigenvalue weighted by Gasteiger charge is -2.34. The highest BCUT2D eigenvalue weighted by Crippen LogP contribution is 2.28. The maximum atomic E-state index is 13.1. The number of aromatic nitrogens is 1. The van der Waals surface area contributed by atoms with Gasteiger partial charge in [-0.25, -0.2) is 4.79 Å². The van der Waals surface area contributed by atoms with Gasteiger partial charge in [-0.3, -0.25) is 9.78 Å². The first-order valence-corrected chi connectivity index (χ1v) is 9.46. The third-order valence-electron chi connectivity index (χ3n) is 4.85. The molecule has 2 amide bonds. The van der Waals surface area contributed by atoms with Crippen molar-refractivity contribution in [1.82, 2.24) is 10.3 Å². The summed E-state index contributed by atoms with van der Waals surface area (Å²) in [6.45, 7) is 0.577. The molecule has 4 rings (SSSR count). The number of nitrogens with zero attached hydrogens (tertiary/aromatic N) is 2. The lowest BCUT2D eigenvalue weighted by atomic mass is 9.98. The maximum Gasteiger partial charge on any atom is 0.408 e. The van der Waals surface area contributed by atoms with Crippen LogP contribution in [0.25, 0.3) is 0 Å². The van der Waals surface area contributed by atoms with Crippen LogP contribution in [0.15, 0.2) is 79.1 Å². The molecule has 6 nitrogen and oxygen atoms in total. The molecule has 1 aromatic heterocycles. The summed E-state index contributed by atoms with van der Waals surface area (Å²) in [6, 6.07) is 20.3. The molecule has 1 atom stereocenters. The first-order chi connectivity index (χ1) is 14.2. The molecular formula is C23H21N3O3. The summed E-state index contributed by atoms with van der Waals surface area (Å²) in [7, 11) is 0. The van der Waals surface area contributed by atoms with Crippen LogP contribution in [0.2, 0.25) is 0 Å². The van der Waals surface area contributed by atoms with Gasteiger partial charge in [0.25, 0.3) is 0 Å². The van der Waals surface area contributed by atoms with Crippen molar-refractivity contribution in [3.63, 3.8) is 0 Å². The number of anilines is 1. The van der Waals surface area contributed by atoms with Gasteiger partial charge in [0.1, 0.15) is 12.6 Å². The summed E-state index contributed by atoms with van der Waals surface area (Å²) in [6.07, 6.45) is 3.18. The number of hydrogen-bond donors (Lipinski definition) is 1. The number of alkyl carbamates (subject to hydrolysis) is 1. The topological polar surface area (TPSA) is 71.5 Å². The zero-order chi connectivity index (χ0) is 20.1. The summed E-state index contributed by atoms with van der Waals surface area (Å²) in [4.78, 5) is 31.3. The van der Waals surface area contributed by atoms with Crippen LogP contribution in [0.5, 0.6) is 0 Å². The van der Waals surface area contributed by atoms with Crippen molar-refractivity contribution in [3.8, 4) is 0 Å². The molecule has 0 saturated heterocycles. The Hall–Kier alpha value is -3.67. The molecule has 2 heterocycles. The third kappa shape index (κ3) is 4.43. The minimum Gasteiger partial charge on any atom is -0.445 e. The Morgan fingerprint density at radius 2 is 1.72 bits per heavy atom. The Labute approximate surface area is 169 Å². The van der Waals surface area contributed by atoms with Crippen LogP contribution in [0.3, 0.4) is 0 Å². The van der Waals surface area contributed by atoms with E-state index >= 15 is 0 Å². The average molecular weight is 387 g/mol. The molecule has 6 heteroatoms. The molecule has 0 radical (unpaired) electrons. The molecule has 29 heavy (non-hydrogen) atoms. The number of fused-ring (bicyclic) bond motifs is 1. The highest BCUT2D eigenvalue weighted by molar-refractivity contribution is 6.01. The van der Waals surface area contributed by atoms with Gasteiger partial charge in [0.15, 0.2) is 0 Å². The van der Waals surface area contributed by atoms with Crippen LogP contribution >= 0.6 is 0 Å². The lowest BCUT2D eigenvalue weighted by Crippen LogP contribution is -2.52. The van der Waals surface area contributed by atoms with Crippen molar-refractivity contribution in [2.75, 3.05) is 4.90 Å². The Balaban J connectivity index is 1.48. The number of pyridine rings is 1. The zero-order valence-corrected chi connectivity index (χ0v) is 15.8. The van der Waals surface area contributed by atoms with E-state index in [1.807, 2.05) is 66.7 Å². The van der Waals surface area contributed by atoms with Gasteiger partial charge >= 0.3 is 6.09 Å². The van der Waals surface area contributed by atoms with Crippen LogP contribution in [0, 0.1) is 0 Å². The molecule has 0 spiro atoms. The van der Waals surface area contributed by atoms with E-state index in [0.717, 1.165) is 22.4 Å². The molecule has 3 aromatic rings. The SMILES string of the molecule is O=C(NC1Cc2cnccc2N(Cc2ccccc2)C1=O)OCc1ccccc1. The van der Waals surface area contributed by atoms with Crippen molar-refractivity contribution < 1.29 is 14.3 Å². The number of amides is 2. The predicted octanol–water partition coefficient (Wildman–Crippen LogP) is 3.47. The number of hydrogen-bond acceptors (Lipinski definition) is 4. The third-order valence-corrected chi connectivity index (χ3v) is 4.85. The van der Waals surface area contributed by atoms with Crippen LogP contribution < -0.4 is 10.2 Å². The van der Waals surface area contributed by atoms with Crippen LogP contribution in [-0.4, -0.2) is 23.0 Å². The second-order valence-corrected chi connectivity index (χ2v) is 6.88. The summed E-state index contributed by atoms with van der Waals surface area (Å²) in [5.74, 6) is -0.163.